The van der Waals surface area contributed by atoms with E-state index in [1.807, 2.05) is 45.8 Å². The van der Waals surface area contributed by atoms with Crippen LogP contribution in [-0.2, 0) is 66.1 Å². The molecule has 0 radical (unpaired) electrons. The number of para-hydroxylation sites is 2. The minimum Gasteiger partial charge on any atom is -0.496 e. The standard InChI is InChI=1S/C44H54N2O10S2/c1-43(2,3)35-21-31-17-27-13-11-15-29(41(27)55-25-37(47)45-57(9,49)50)19-33-23-36(44(4,5)6)24-34(40(33)54-8)20-30-16-12-14-28(18-32(22-35)39(31)53-7)42(30)56-26-38(48)46-58(10,51)52/h11-16,21-24H,17-20,25-26H2,1-10H3,(H,45,47)(H,46,48). The van der Waals surface area contributed by atoms with E-state index in [1.165, 1.54) is 0 Å². The van der Waals surface area contributed by atoms with Gasteiger partial charge in [0.05, 0.1) is 26.7 Å². The summed E-state index contributed by atoms with van der Waals surface area (Å²) in [7, 11) is -4.42. The lowest BCUT2D eigenvalue weighted by molar-refractivity contribution is -0.122. The molecular formula is C44H54N2O10S2. The zero-order valence-corrected chi connectivity index (χ0v) is 36.5. The monoisotopic (exact) mass is 834 g/mol. The molecule has 4 aromatic carbocycles. The molecule has 0 heterocycles. The van der Waals surface area contributed by atoms with Gasteiger partial charge in [0.2, 0.25) is 20.0 Å². The number of amides is 2. The van der Waals surface area contributed by atoms with Crippen LogP contribution < -0.4 is 28.4 Å². The predicted octanol–water partition coefficient (Wildman–Crippen LogP) is 5.88. The van der Waals surface area contributed by atoms with E-state index < -0.39 is 45.1 Å². The quantitative estimate of drug-likeness (QED) is 0.174. The van der Waals surface area contributed by atoms with E-state index in [9.17, 15) is 26.4 Å². The molecule has 8 bridgehead atoms. The predicted molar refractivity (Wildman–Crippen MR) is 224 cm³/mol. The van der Waals surface area contributed by atoms with Crippen LogP contribution in [0.3, 0.4) is 0 Å². The molecule has 0 spiro atoms. The Morgan fingerprint density at radius 3 is 1.02 bits per heavy atom. The van der Waals surface area contributed by atoms with Crippen molar-refractivity contribution in [3.05, 3.63) is 116 Å². The summed E-state index contributed by atoms with van der Waals surface area (Å²) in [6.45, 7) is 11.6. The van der Waals surface area contributed by atoms with Crippen LogP contribution in [0, 0.1) is 0 Å². The van der Waals surface area contributed by atoms with Gasteiger partial charge in [0.15, 0.2) is 13.2 Å². The molecular weight excluding hydrogens is 781 g/mol. The zero-order valence-electron chi connectivity index (χ0n) is 34.9. The summed E-state index contributed by atoms with van der Waals surface area (Å²) in [6.07, 6.45) is 3.15. The third-order valence-electron chi connectivity index (χ3n) is 9.80. The molecule has 0 aliphatic heterocycles. The van der Waals surface area contributed by atoms with E-state index in [-0.39, 0.29) is 10.8 Å². The Hall–Kier alpha value is -5.08. The smallest absolute Gasteiger partial charge is 0.271 e. The number of nitrogens with one attached hydrogen (secondary N) is 2. The Kier molecular flexibility index (Phi) is 12.9. The highest BCUT2D eigenvalue weighted by molar-refractivity contribution is 7.89. The fourth-order valence-corrected chi connectivity index (χ4v) is 8.14. The molecule has 2 amide bonds. The van der Waals surface area contributed by atoms with Crippen molar-refractivity contribution in [2.45, 2.75) is 78.1 Å². The second-order valence-electron chi connectivity index (χ2n) is 16.8. The molecule has 0 fully saturated rings. The third kappa shape index (κ3) is 11.1. The molecule has 1 aliphatic carbocycles. The van der Waals surface area contributed by atoms with Crippen molar-refractivity contribution in [3.8, 4) is 23.0 Å². The van der Waals surface area contributed by atoms with E-state index in [4.69, 9.17) is 18.9 Å². The van der Waals surface area contributed by atoms with Gasteiger partial charge in [-0.05, 0) is 66.5 Å². The van der Waals surface area contributed by atoms with Crippen molar-refractivity contribution in [1.29, 1.82) is 0 Å². The average molecular weight is 835 g/mol. The lowest BCUT2D eigenvalue weighted by atomic mass is 9.81. The summed E-state index contributed by atoms with van der Waals surface area (Å²) >= 11 is 0. The maximum absolute atomic E-state index is 12.8. The van der Waals surface area contributed by atoms with Crippen molar-refractivity contribution in [2.75, 3.05) is 39.9 Å². The molecule has 1 aliphatic rings. The molecule has 0 atom stereocenters. The number of sulfonamides is 2. The Morgan fingerprint density at radius 2 is 0.793 bits per heavy atom. The molecule has 0 saturated heterocycles. The first kappa shape index (κ1) is 44.0. The van der Waals surface area contributed by atoms with Crippen LogP contribution in [-0.4, -0.2) is 68.6 Å². The molecule has 2 N–H and O–H groups in total. The lowest BCUT2D eigenvalue weighted by Crippen LogP contribution is -2.33. The van der Waals surface area contributed by atoms with Crippen molar-refractivity contribution in [3.63, 3.8) is 0 Å². The number of methoxy groups -OCH3 is 2. The number of benzene rings is 4. The van der Waals surface area contributed by atoms with Crippen LogP contribution in [0.2, 0.25) is 0 Å². The highest BCUT2D eigenvalue weighted by Gasteiger charge is 2.27. The summed E-state index contributed by atoms with van der Waals surface area (Å²) in [5.41, 5.74) is 7.90. The molecule has 12 nitrogen and oxygen atoms in total. The molecule has 0 unspecified atom stereocenters. The SMILES string of the molecule is COc1c2cc(C(C)(C)C)cc1Cc1cccc(c1OCC(=O)NS(C)(=O)=O)Cc1cc(C(C)(C)C)cc(c1OC)Cc1cccc(c1OCC(=O)NS(C)(=O)=O)C2. The van der Waals surface area contributed by atoms with Crippen LogP contribution in [0.25, 0.3) is 0 Å². The highest BCUT2D eigenvalue weighted by Crippen LogP contribution is 2.41. The van der Waals surface area contributed by atoms with Gasteiger partial charge < -0.3 is 18.9 Å². The third-order valence-corrected chi connectivity index (χ3v) is 11.0. The first-order chi connectivity index (χ1) is 27.0. The van der Waals surface area contributed by atoms with Crippen molar-refractivity contribution >= 4 is 31.9 Å². The van der Waals surface area contributed by atoms with Crippen molar-refractivity contribution < 1.29 is 45.4 Å². The van der Waals surface area contributed by atoms with Gasteiger partial charge in [0.1, 0.15) is 23.0 Å². The Bertz CT molecular complexity index is 2180. The molecule has 58 heavy (non-hydrogen) atoms. The Balaban J connectivity index is 1.81. The topological polar surface area (TPSA) is 163 Å². The van der Waals surface area contributed by atoms with Gasteiger partial charge in [-0.15, -0.1) is 0 Å². The van der Waals surface area contributed by atoms with E-state index in [1.54, 1.807) is 14.2 Å². The summed E-state index contributed by atoms with van der Waals surface area (Å²) in [5, 5.41) is 0. The van der Waals surface area contributed by atoms with Gasteiger partial charge in [-0.2, -0.15) is 0 Å². The first-order valence-corrected chi connectivity index (χ1v) is 22.6. The number of carbonyl (C=O) groups excluding carboxylic acids is 2. The summed E-state index contributed by atoms with van der Waals surface area (Å²) in [6, 6.07) is 20.0. The Morgan fingerprint density at radius 1 is 0.517 bits per heavy atom. The second-order valence-corrected chi connectivity index (χ2v) is 20.3. The van der Waals surface area contributed by atoms with E-state index in [2.05, 4.69) is 65.8 Å². The lowest BCUT2D eigenvalue weighted by Gasteiger charge is -2.26. The van der Waals surface area contributed by atoms with E-state index in [0.29, 0.717) is 48.7 Å². The van der Waals surface area contributed by atoms with Crippen LogP contribution in [0.1, 0.15) is 97.2 Å². The Labute approximate surface area is 342 Å². The molecule has 0 saturated carbocycles. The number of ether oxygens (including phenoxy) is 4. The van der Waals surface area contributed by atoms with Crippen molar-refractivity contribution in [2.24, 2.45) is 0 Å². The number of fused-ring (bicyclic) bond motifs is 8. The van der Waals surface area contributed by atoms with Gasteiger partial charge in [-0.1, -0.05) is 102 Å². The van der Waals surface area contributed by atoms with Crippen LogP contribution >= 0.6 is 0 Å². The van der Waals surface area contributed by atoms with Gasteiger partial charge in [0.25, 0.3) is 11.8 Å². The van der Waals surface area contributed by atoms with E-state index >= 15 is 0 Å². The minimum absolute atomic E-state index is 0.281. The van der Waals surface area contributed by atoms with E-state index in [0.717, 1.165) is 68.1 Å². The first-order valence-electron chi connectivity index (χ1n) is 18.8. The summed E-state index contributed by atoms with van der Waals surface area (Å²) in [5.74, 6) is 0.533. The van der Waals surface area contributed by atoms with Gasteiger partial charge >= 0.3 is 0 Å². The zero-order chi connectivity index (χ0) is 42.8. The van der Waals surface area contributed by atoms with Crippen LogP contribution in [0.15, 0.2) is 60.7 Å². The number of rotatable bonds is 10. The van der Waals surface area contributed by atoms with Gasteiger partial charge in [-0.25, -0.2) is 16.8 Å². The second kappa shape index (κ2) is 17.0. The number of carbonyl (C=O) groups is 2. The fourth-order valence-electron chi connectivity index (χ4n) is 7.20. The fraction of sp³-hybridized carbons (Fsp3) is 0.409. The summed E-state index contributed by atoms with van der Waals surface area (Å²) < 4.78 is 76.6. The molecule has 0 aromatic heterocycles. The molecule has 312 valence electrons. The maximum atomic E-state index is 12.8. The number of hydrogen-bond donors (Lipinski definition) is 2. The molecule has 4 aromatic rings. The normalized spacial score (nSPS) is 13.3. The van der Waals surface area contributed by atoms with Gasteiger partial charge in [-0.3, -0.25) is 19.0 Å². The van der Waals surface area contributed by atoms with Crippen LogP contribution in [0.4, 0.5) is 0 Å². The largest absolute Gasteiger partial charge is 0.496 e. The molecule has 5 rings (SSSR count). The summed E-state index contributed by atoms with van der Waals surface area (Å²) in [4.78, 5) is 25.7. The van der Waals surface area contributed by atoms with Crippen molar-refractivity contribution in [1.82, 2.24) is 9.44 Å². The van der Waals surface area contributed by atoms with Crippen LogP contribution in [0.5, 0.6) is 23.0 Å². The highest BCUT2D eigenvalue weighted by atomic mass is 32.2. The minimum atomic E-state index is -3.82. The van der Waals surface area contributed by atoms with Gasteiger partial charge in [0, 0.05) is 25.7 Å². The average Bonchev–Trinajstić information content (AvgIpc) is 3.08. The maximum Gasteiger partial charge on any atom is 0.271 e. The number of hydrogen-bond acceptors (Lipinski definition) is 10. The molecule has 14 heteroatoms.